The van der Waals surface area contributed by atoms with E-state index in [2.05, 4.69) is 25.5 Å². The smallest absolute Gasteiger partial charge is 0.340 e. The predicted molar refractivity (Wildman–Crippen MR) is 53.3 cm³/mol. The lowest BCUT2D eigenvalue weighted by Crippen LogP contribution is -2.27. The van der Waals surface area contributed by atoms with Crippen LogP contribution in [-0.2, 0) is 17.9 Å². The molecule has 0 atom stereocenters. The van der Waals surface area contributed by atoms with Crippen molar-refractivity contribution >= 4 is 5.91 Å². The molecule has 0 fully saturated rings. The molecule has 0 bridgehead atoms. The number of carbonyl (C=O) groups is 1. The molecule has 0 unspecified atom stereocenters. The van der Waals surface area contributed by atoms with Crippen LogP contribution in [0.25, 0.3) is 0 Å². The standard InChI is InChI=1S/C8H10N6O2/c15-7(4-14-2-1-9-5-14)10-3-6-11-8(16)13-12-6/h1-2,5H,3-4H2,(H,10,15)(H2,11,12,13,16). The van der Waals surface area contributed by atoms with Crippen LogP contribution in [0.1, 0.15) is 5.82 Å². The molecule has 2 aromatic rings. The summed E-state index contributed by atoms with van der Waals surface area (Å²) in [4.78, 5) is 28.3. The Balaban J connectivity index is 1.82. The van der Waals surface area contributed by atoms with Crippen molar-refractivity contribution in [2.45, 2.75) is 13.1 Å². The second-order valence-corrected chi connectivity index (χ2v) is 3.14. The normalized spacial score (nSPS) is 10.2. The van der Waals surface area contributed by atoms with Crippen molar-refractivity contribution in [3.8, 4) is 0 Å². The molecule has 0 saturated heterocycles. The molecule has 1 amide bonds. The molecule has 2 rings (SSSR count). The number of nitrogens with zero attached hydrogens (tertiary/aromatic N) is 3. The summed E-state index contributed by atoms with van der Waals surface area (Å²) in [5.41, 5.74) is -0.390. The van der Waals surface area contributed by atoms with Gasteiger partial charge in [-0.05, 0) is 0 Å². The first-order valence-corrected chi connectivity index (χ1v) is 4.60. The van der Waals surface area contributed by atoms with Gasteiger partial charge in [-0.25, -0.2) is 14.9 Å². The Morgan fingerprint density at radius 2 is 2.44 bits per heavy atom. The second kappa shape index (κ2) is 4.43. The summed E-state index contributed by atoms with van der Waals surface area (Å²) in [5, 5.41) is 8.48. The van der Waals surface area contributed by atoms with Crippen molar-refractivity contribution in [3.05, 3.63) is 35.0 Å². The maximum atomic E-state index is 11.4. The molecule has 0 saturated carbocycles. The van der Waals surface area contributed by atoms with Gasteiger partial charge in [-0.2, -0.15) is 5.10 Å². The van der Waals surface area contributed by atoms with E-state index in [1.165, 1.54) is 0 Å². The average Bonchev–Trinajstić information content (AvgIpc) is 2.87. The average molecular weight is 222 g/mol. The third-order valence-corrected chi connectivity index (χ3v) is 1.89. The second-order valence-electron chi connectivity index (χ2n) is 3.14. The molecule has 3 N–H and O–H groups in total. The van der Waals surface area contributed by atoms with Crippen LogP contribution in [0.15, 0.2) is 23.5 Å². The molecule has 0 spiro atoms. The topological polar surface area (TPSA) is 108 Å². The number of rotatable bonds is 4. The number of nitrogens with one attached hydrogen (secondary N) is 3. The Bertz CT molecular complexity index is 511. The molecule has 2 aromatic heterocycles. The van der Waals surface area contributed by atoms with Gasteiger partial charge in [-0.15, -0.1) is 0 Å². The number of aromatic amines is 2. The fourth-order valence-electron chi connectivity index (χ4n) is 1.17. The van der Waals surface area contributed by atoms with Crippen molar-refractivity contribution < 1.29 is 4.79 Å². The summed E-state index contributed by atoms with van der Waals surface area (Å²) in [6, 6.07) is 0. The molecule has 0 radical (unpaired) electrons. The highest BCUT2D eigenvalue weighted by Crippen LogP contribution is 1.86. The van der Waals surface area contributed by atoms with Crippen molar-refractivity contribution in [1.82, 2.24) is 30.0 Å². The van der Waals surface area contributed by atoms with Crippen molar-refractivity contribution in [1.29, 1.82) is 0 Å². The van der Waals surface area contributed by atoms with Gasteiger partial charge in [0.25, 0.3) is 0 Å². The van der Waals surface area contributed by atoms with E-state index in [-0.39, 0.29) is 24.7 Å². The fourth-order valence-corrected chi connectivity index (χ4v) is 1.17. The molecular formula is C8H10N6O2. The van der Waals surface area contributed by atoms with E-state index in [0.717, 1.165) is 0 Å². The first-order chi connectivity index (χ1) is 7.74. The number of imidazole rings is 1. The number of aromatic nitrogens is 5. The van der Waals surface area contributed by atoms with E-state index >= 15 is 0 Å². The van der Waals surface area contributed by atoms with Crippen LogP contribution < -0.4 is 11.0 Å². The maximum Gasteiger partial charge on any atom is 0.340 e. The molecule has 0 aromatic carbocycles. The summed E-state index contributed by atoms with van der Waals surface area (Å²) in [6.45, 7) is 0.376. The van der Waals surface area contributed by atoms with Gasteiger partial charge in [0.15, 0.2) is 0 Å². The van der Waals surface area contributed by atoms with Crippen LogP contribution >= 0.6 is 0 Å². The van der Waals surface area contributed by atoms with Crippen LogP contribution in [0.3, 0.4) is 0 Å². The van der Waals surface area contributed by atoms with E-state index in [0.29, 0.717) is 5.82 Å². The molecule has 0 aliphatic rings. The summed E-state index contributed by atoms with van der Waals surface area (Å²) in [5.74, 6) is 0.214. The molecule has 8 heteroatoms. The molecule has 2 heterocycles. The first kappa shape index (κ1) is 10.1. The third-order valence-electron chi connectivity index (χ3n) is 1.89. The van der Waals surface area contributed by atoms with Crippen molar-refractivity contribution in [2.24, 2.45) is 0 Å². The van der Waals surface area contributed by atoms with Gasteiger partial charge >= 0.3 is 5.69 Å². The molecular weight excluding hydrogens is 212 g/mol. The van der Waals surface area contributed by atoms with E-state index in [9.17, 15) is 9.59 Å². The Hall–Kier alpha value is -2.38. The lowest BCUT2D eigenvalue weighted by molar-refractivity contribution is -0.121. The van der Waals surface area contributed by atoms with Gasteiger partial charge in [-0.1, -0.05) is 0 Å². The SMILES string of the molecule is O=C(Cn1ccnc1)NCc1n[nH]c(=O)[nH]1. The van der Waals surface area contributed by atoms with Crippen LogP contribution in [0, 0.1) is 0 Å². The fraction of sp³-hybridized carbons (Fsp3) is 0.250. The van der Waals surface area contributed by atoms with Crippen LogP contribution in [0.4, 0.5) is 0 Å². The van der Waals surface area contributed by atoms with Crippen LogP contribution in [-0.4, -0.2) is 30.6 Å². The molecule has 84 valence electrons. The van der Waals surface area contributed by atoms with Gasteiger partial charge < -0.3 is 9.88 Å². The summed E-state index contributed by atoms with van der Waals surface area (Å²) in [6.07, 6.45) is 4.84. The predicted octanol–water partition coefficient (Wildman–Crippen LogP) is -1.39. The zero-order valence-electron chi connectivity index (χ0n) is 8.30. The molecule has 0 aliphatic heterocycles. The molecule has 0 aliphatic carbocycles. The van der Waals surface area contributed by atoms with E-state index < -0.39 is 0 Å². The third kappa shape index (κ3) is 2.56. The Kier molecular flexibility index (Phi) is 2.81. The van der Waals surface area contributed by atoms with Gasteiger partial charge in [0.2, 0.25) is 5.91 Å². The number of amides is 1. The zero-order valence-corrected chi connectivity index (χ0v) is 8.30. The highest BCUT2D eigenvalue weighted by atomic mass is 16.2. The highest BCUT2D eigenvalue weighted by Gasteiger charge is 2.03. The van der Waals surface area contributed by atoms with Crippen molar-refractivity contribution in [3.63, 3.8) is 0 Å². The molecule has 16 heavy (non-hydrogen) atoms. The van der Waals surface area contributed by atoms with E-state index in [1.54, 1.807) is 23.3 Å². The van der Waals surface area contributed by atoms with Crippen LogP contribution in [0.5, 0.6) is 0 Å². The number of H-pyrrole nitrogens is 2. The largest absolute Gasteiger partial charge is 0.347 e. The minimum atomic E-state index is -0.390. The van der Waals surface area contributed by atoms with Gasteiger partial charge in [0.1, 0.15) is 12.4 Å². The number of hydrogen-bond acceptors (Lipinski definition) is 4. The van der Waals surface area contributed by atoms with Gasteiger partial charge in [0.05, 0.1) is 12.9 Å². The van der Waals surface area contributed by atoms with E-state index in [4.69, 9.17) is 0 Å². The summed E-state index contributed by atoms with van der Waals surface area (Å²) >= 11 is 0. The maximum absolute atomic E-state index is 11.4. The minimum absolute atomic E-state index is 0.179. The Labute approximate surface area is 89.7 Å². The Morgan fingerprint density at radius 3 is 3.06 bits per heavy atom. The molecule has 8 nitrogen and oxygen atoms in total. The lowest BCUT2D eigenvalue weighted by Gasteiger charge is -2.02. The summed E-state index contributed by atoms with van der Waals surface area (Å²) in [7, 11) is 0. The minimum Gasteiger partial charge on any atom is -0.347 e. The van der Waals surface area contributed by atoms with Gasteiger partial charge in [0, 0.05) is 12.4 Å². The Morgan fingerprint density at radius 1 is 1.56 bits per heavy atom. The quantitative estimate of drug-likeness (QED) is 0.591. The highest BCUT2D eigenvalue weighted by molar-refractivity contribution is 5.75. The number of hydrogen-bond donors (Lipinski definition) is 3. The number of carbonyl (C=O) groups excluding carboxylic acids is 1. The lowest BCUT2D eigenvalue weighted by atomic mass is 10.5. The van der Waals surface area contributed by atoms with Crippen LogP contribution in [0.2, 0.25) is 0 Å². The summed E-state index contributed by atoms with van der Waals surface area (Å²) < 4.78 is 1.64. The van der Waals surface area contributed by atoms with E-state index in [1.807, 2.05) is 0 Å². The monoisotopic (exact) mass is 222 g/mol. The van der Waals surface area contributed by atoms with Gasteiger partial charge in [-0.3, -0.25) is 9.78 Å². The first-order valence-electron chi connectivity index (χ1n) is 4.60. The zero-order chi connectivity index (χ0) is 11.4. The van der Waals surface area contributed by atoms with Crippen molar-refractivity contribution in [2.75, 3.05) is 0 Å².